The number of ketones is 1. The van der Waals surface area contributed by atoms with Gasteiger partial charge >= 0.3 is 17.9 Å². The Bertz CT molecular complexity index is 1190. The number of rotatable bonds is 4. The molecule has 1 N–H and O–H groups in total. The van der Waals surface area contributed by atoms with Crippen LogP contribution >= 0.6 is 0 Å². The van der Waals surface area contributed by atoms with E-state index in [-0.39, 0.29) is 24.2 Å². The molecule has 0 spiro atoms. The Morgan fingerprint density at radius 3 is 2.31 bits per heavy atom. The van der Waals surface area contributed by atoms with Crippen molar-refractivity contribution in [3.63, 3.8) is 0 Å². The predicted octanol–water partition coefficient (Wildman–Crippen LogP) is 3.25. The maximum absolute atomic E-state index is 13.2. The Labute approximate surface area is 209 Å². The third-order valence-electron chi connectivity index (χ3n) is 7.53. The first-order valence-corrected chi connectivity index (χ1v) is 11.9. The van der Waals surface area contributed by atoms with Gasteiger partial charge in [-0.3, -0.25) is 14.4 Å². The molecule has 190 valence electrons. The number of carbonyl (C=O) groups is 4. The number of benzene rings is 1. The molecule has 0 aliphatic heterocycles. The Morgan fingerprint density at radius 1 is 1.06 bits per heavy atom. The van der Waals surface area contributed by atoms with Crippen LogP contribution in [0.15, 0.2) is 65.3 Å². The summed E-state index contributed by atoms with van der Waals surface area (Å²) in [4.78, 5) is 50.5. The Kier molecular flexibility index (Phi) is 6.75. The van der Waals surface area contributed by atoms with Gasteiger partial charge in [-0.1, -0.05) is 37.8 Å². The second-order valence-corrected chi connectivity index (χ2v) is 9.82. The molecule has 8 heteroatoms. The van der Waals surface area contributed by atoms with Crippen molar-refractivity contribution < 1.29 is 38.5 Å². The lowest BCUT2D eigenvalue weighted by molar-refractivity contribution is -0.192. The summed E-state index contributed by atoms with van der Waals surface area (Å²) in [5.41, 5.74) is 1.06. The van der Waals surface area contributed by atoms with E-state index in [1.807, 2.05) is 6.08 Å². The van der Waals surface area contributed by atoms with Crippen LogP contribution in [0.1, 0.15) is 50.9 Å². The lowest BCUT2D eigenvalue weighted by Gasteiger charge is -2.51. The van der Waals surface area contributed by atoms with Gasteiger partial charge in [0.25, 0.3) is 0 Å². The van der Waals surface area contributed by atoms with Gasteiger partial charge in [0.2, 0.25) is 0 Å². The number of hydrogen-bond acceptors (Lipinski definition) is 8. The number of allylic oxidation sites excluding steroid dienone is 2. The molecule has 0 radical (unpaired) electrons. The minimum Gasteiger partial charge on any atom is -0.462 e. The molecule has 0 saturated heterocycles. The van der Waals surface area contributed by atoms with Crippen LogP contribution < -0.4 is 0 Å². The molecule has 0 bridgehead atoms. The number of Topliss-reactive ketones (excluding diaryl/α,β-unsaturated/α-hetero) is 1. The number of esters is 3. The summed E-state index contributed by atoms with van der Waals surface area (Å²) in [6.07, 6.45) is -2.27. The molecular weight excluding hydrogens is 464 g/mol. The van der Waals surface area contributed by atoms with Crippen LogP contribution in [0.3, 0.4) is 0 Å². The third kappa shape index (κ3) is 4.30. The van der Waals surface area contributed by atoms with E-state index in [2.05, 4.69) is 6.58 Å². The first-order chi connectivity index (χ1) is 16.9. The van der Waals surface area contributed by atoms with E-state index in [4.69, 9.17) is 14.2 Å². The van der Waals surface area contributed by atoms with Gasteiger partial charge in [0.1, 0.15) is 6.10 Å². The first-order valence-electron chi connectivity index (χ1n) is 11.9. The van der Waals surface area contributed by atoms with Gasteiger partial charge < -0.3 is 19.3 Å². The summed E-state index contributed by atoms with van der Waals surface area (Å²) in [6.45, 7) is 10.0. The van der Waals surface area contributed by atoms with Gasteiger partial charge in [-0.2, -0.15) is 0 Å². The average molecular weight is 495 g/mol. The molecule has 3 aliphatic rings. The number of aliphatic hydroxyl groups excluding tert-OH is 1. The Balaban J connectivity index is 1.94. The second-order valence-electron chi connectivity index (χ2n) is 9.82. The Hall–Kier alpha value is -3.52. The van der Waals surface area contributed by atoms with Gasteiger partial charge in [0, 0.05) is 38.2 Å². The third-order valence-corrected chi connectivity index (χ3v) is 7.53. The topological polar surface area (TPSA) is 116 Å². The maximum atomic E-state index is 13.2. The van der Waals surface area contributed by atoms with Crippen LogP contribution in [0.2, 0.25) is 0 Å². The minimum absolute atomic E-state index is 0.0304. The van der Waals surface area contributed by atoms with Crippen LogP contribution in [0, 0.1) is 11.3 Å². The number of fused-ring (bicyclic) bond motifs is 2. The zero-order valence-electron chi connectivity index (χ0n) is 20.8. The zero-order valence-corrected chi connectivity index (χ0v) is 20.8. The molecule has 36 heavy (non-hydrogen) atoms. The molecule has 0 aromatic heterocycles. The van der Waals surface area contributed by atoms with Gasteiger partial charge in [0.15, 0.2) is 18.0 Å². The fourth-order valence-electron chi connectivity index (χ4n) is 5.70. The summed E-state index contributed by atoms with van der Waals surface area (Å²) in [5, 5.41) is 10.8. The molecule has 1 saturated carbocycles. The van der Waals surface area contributed by atoms with Crippen molar-refractivity contribution in [2.75, 3.05) is 0 Å². The molecule has 1 fully saturated rings. The van der Waals surface area contributed by atoms with E-state index in [0.717, 1.165) is 0 Å². The zero-order chi connectivity index (χ0) is 26.4. The highest BCUT2D eigenvalue weighted by Crippen LogP contribution is 2.55. The summed E-state index contributed by atoms with van der Waals surface area (Å²) in [6, 6.07) is 8.36. The normalized spacial score (nSPS) is 31.6. The molecular formula is C28H30O8. The monoisotopic (exact) mass is 494 g/mol. The largest absolute Gasteiger partial charge is 0.462 e. The van der Waals surface area contributed by atoms with Crippen molar-refractivity contribution in [2.24, 2.45) is 11.3 Å². The summed E-state index contributed by atoms with van der Waals surface area (Å²) in [5.74, 6) is -2.64. The van der Waals surface area contributed by atoms with Crippen molar-refractivity contribution in [3.05, 3.63) is 70.8 Å². The van der Waals surface area contributed by atoms with Crippen LogP contribution in [0.5, 0.6) is 0 Å². The molecule has 1 aromatic carbocycles. The average Bonchev–Trinajstić information content (AvgIpc) is 3.05. The van der Waals surface area contributed by atoms with Crippen molar-refractivity contribution >= 4 is 23.7 Å². The molecule has 8 nitrogen and oxygen atoms in total. The quantitative estimate of drug-likeness (QED) is 0.385. The van der Waals surface area contributed by atoms with E-state index >= 15 is 0 Å². The smallest absolute Gasteiger partial charge is 0.338 e. The van der Waals surface area contributed by atoms with Crippen LogP contribution in [-0.4, -0.2) is 53.2 Å². The van der Waals surface area contributed by atoms with Crippen LogP contribution in [0.4, 0.5) is 0 Å². The Morgan fingerprint density at radius 2 is 1.69 bits per heavy atom. The highest BCUT2D eigenvalue weighted by Gasteiger charge is 2.61. The number of carbonyl (C=O) groups excluding carboxylic acids is 4. The van der Waals surface area contributed by atoms with Gasteiger partial charge in [0.05, 0.1) is 17.1 Å². The number of hydrogen-bond donors (Lipinski definition) is 1. The van der Waals surface area contributed by atoms with Gasteiger partial charge in [-0.15, -0.1) is 0 Å². The lowest BCUT2D eigenvalue weighted by Crippen LogP contribution is -2.60. The fraction of sp³-hybridized carbons (Fsp3) is 0.429. The highest BCUT2D eigenvalue weighted by atomic mass is 16.6. The van der Waals surface area contributed by atoms with E-state index in [1.54, 1.807) is 44.2 Å². The lowest BCUT2D eigenvalue weighted by atomic mass is 9.59. The molecule has 6 atom stereocenters. The van der Waals surface area contributed by atoms with Gasteiger partial charge in [-0.25, -0.2) is 4.79 Å². The predicted molar refractivity (Wildman–Crippen MR) is 129 cm³/mol. The van der Waals surface area contributed by atoms with Gasteiger partial charge in [-0.05, 0) is 35.8 Å². The molecule has 0 heterocycles. The SMILES string of the molecule is C=C1[C@H]2C=C3CC(=O)C(C)=C3[C@@H](OC(=O)c3ccccc3)[C@H](OC(C)=O)[C@]2(C)[C@@H](OC(C)=O)C[C@@H]1O. The summed E-state index contributed by atoms with van der Waals surface area (Å²) < 4.78 is 17.6. The second kappa shape index (κ2) is 9.50. The van der Waals surface area contributed by atoms with E-state index in [9.17, 15) is 24.3 Å². The maximum Gasteiger partial charge on any atom is 0.338 e. The molecule has 0 unspecified atom stereocenters. The standard InChI is InChI=1S/C28H30O8/c1-14-20-11-19-12-21(31)15(2)24(19)25(36-27(33)18-9-7-6-8-10-18)26(35-17(4)30)28(20,5)23(13-22(14)32)34-16(3)29/h6-11,20,22-23,25-26,32H,1,12-13H2,2-5H3/t20-,22+,23+,25-,26+,28+/m1/s1. The minimum atomic E-state index is -1.16. The van der Waals surface area contributed by atoms with Crippen molar-refractivity contribution in [3.8, 4) is 0 Å². The number of ether oxygens (including phenoxy) is 3. The van der Waals surface area contributed by atoms with Crippen molar-refractivity contribution in [1.82, 2.24) is 0 Å². The molecule has 3 aliphatic carbocycles. The van der Waals surface area contributed by atoms with E-state index in [0.29, 0.717) is 22.3 Å². The summed E-state index contributed by atoms with van der Waals surface area (Å²) in [7, 11) is 0. The molecule has 4 rings (SSSR count). The first kappa shape index (κ1) is 25.6. The van der Waals surface area contributed by atoms with Crippen LogP contribution in [-0.2, 0) is 28.6 Å². The van der Waals surface area contributed by atoms with Crippen LogP contribution in [0.25, 0.3) is 0 Å². The van der Waals surface area contributed by atoms with Crippen molar-refractivity contribution in [1.29, 1.82) is 0 Å². The van der Waals surface area contributed by atoms with E-state index in [1.165, 1.54) is 13.8 Å². The van der Waals surface area contributed by atoms with Crippen molar-refractivity contribution in [2.45, 2.75) is 65.0 Å². The highest BCUT2D eigenvalue weighted by molar-refractivity contribution is 6.03. The number of aliphatic hydroxyl groups is 1. The fourth-order valence-corrected chi connectivity index (χ4v) is 5.70. The van der Waals surface area contributed by atoms with E-state index < -0.39 is 53.7 Å². The molecule has 0 amide bonds. The molecule has 1 aromatic rings. The summed E-state index contributed by atoms with van der Waals surface area (Å²) >= 11 is 0.